The highest BCUT2D eigenvalue weighted by Gasteiger charge is 2.13. The van der Waals surface area contributed by atoms with Crippen LogP contribution < -0.4 is 10.1 Å². The van der Waals surface area contributed by atoms with Gasteiger partial charge in [0.2, 0.25) is 0 Å². The molecule has 0 heterocycles. The molecule has 126 valence electrons. The van der Waals surface area contributed by atoms with Crippen LogP contribution in [0.15, 0.2) is 36.4 Å². The van der Waals surface area contributed by atoms with Gasteiger partial charge < -0.3 is 10.1 Å². The molecule has 24 heavy (non-hydrogen) atoms. The summed E-state index contributed by atoms with van der Waals surface area (Å²) in [5.41, 5.74) is 3.20. The maximum atomic E-state index is 12.1. The van der Waals surface area contributed by atoms with Crippen LogP contribution in [0.2, 0.25) is 0 Å². The van der Waals surface area contributed by atoms with Crippen LogP contribution in [0.5, 0.6) is 5.75 Å². The van der Waals surface area contributed by atoms with Gasteiger partial charge in [-0.15, -0.1) is 0 Å². The van der Waals surface area contributed by atoms with E-state index in [1.165, 1.54) is 23.8 Å². The van der Waals surface area contributed by atoms with Crippen molar-refractivity contribution in [2.75, 3.05) is 13.2 Å². The van der Waals surface area contributed by atoms with Gasteiger partial charge in [0, 0.05) is 17.2 Å². The molecule has 1 amide bonds. The normalized spacial score (nSPS) is 10.3. The number of aryl methyl sites for hydroxylation is 3. The second kappa shape index (κ2) is 7.59. The summed E-state index contributed by atoms with van der Waals surface area (Å²) in [5, 5.41) is 13.5. The van der Waals surface area contributed by atoms with Crippen LogP contribution in [-0.4, -0.2) is 24.0 Å². The molecular weight excluding hydrogens is 308 g/mol. The highest BCUT2D eigenvalue weighted by molar-refractivity contribution is 5.94. The zero-order chi connectivity index (χ0) is 17.7. The average Bonchev–Trinajstić information content (AvgIpc) is 2.54. The Morgan fingerprint density at radius 2 is 1.83 bits per heavy atom. The maximum Gasteiger partial charge on any atom is 0.272 e. The number of carbonyl (C=O) groups excluding carboxylic acids is 1. The summed E-state index contributed by atoms with van der Waals surface area (Å²) in [6, 6.07) is 10.1. The van der Waals surface area contributed by atoms with Gasteiger partial charge in [0.25, 0.3) is 11.6 Å². The first-order valence-corrected chi connectivity index (χ1v) is 7.62. The largest absolute Gasteiger partial charge is 0.492 e. The van der Waals surface area contributed by atoms with Crippen molar-refractivity contribution in [1.29, 1.82) is 0 Å². The Morgan fingerprint density at radius 1 is 1.08 bits per heavy atom. The van der Waals surface area contributed by atoms with Gasteiger partial charge in [-0.25, -0.2) is 0 Å². The molecule has 0 aliphatic heterocycles. The van der Waals surface area contributed by atoms with Crippen molar-refractivity contribution in [3.8, 4) is 5.75 Å². The number of rotatable bonds is 6. The van der Waals surface area contributed by atoms with Gasteiger partial charge in [0.15, 0.2) is 0 Å². The Bertz CT molecular complexity index is 772. The average molecular weight is 328 g/mol. The molecular formula is C18H20N2O4. The summed E-state index contributed by atoms with van der Waals surface area (Å²) in [6.45, 7) is 6.35. The molecule has 0 bridgehead atoms. The first-order chi connectivity index (χ1) is 11.4. The fourth-order valence-electron chi connectivity index (χ4n) is 2.24. The Balaban J connectivity index is 1.86. The second-order valence-corrected chi connectivity index (χ2v) is 5.61. The van der Waals surface area contributed by atoms with Crippen LogP contribution in [0.1, 0.15) is 27.0 Å². The van der Waals surface area contributed by atoms with Crippen molar-refractivity contribution < 1.29 is 14.5 Å². The third kappa shape index (κ3) is 4.32. The standard InChI is InChI=1S/C18H20N2O4/c1-12-4-6-16(11-13(12)2)24-9-8-19-18(21)15-5-7-17(20(22)23)14(3)10-15/h4-7,10-11H,8-9H2,1-3H3,(H,19,21). The van der Waals surface area contributed by atoms with E-state index in [1.807, 2.05) is 32.0 Å². The number of amides is 1. The lowest BCUT2D eigenvalue weighted by Crippen LogP contribution is -2.28. The van der Waals surface area contributed by atoms with Gasteiger partial charge in [0.1, 0.15) is 12.4 Å². The van der Waals surface area contributed by atoms with E-state index in [0.29, 0.717) is 24.3 Å². The lowest BCUT2D eigenvalue weighted by Gasteiger charge is -2.09. The third-order valence-corrected chi connectivity index (χ3v) is 3.79. The monoisotopic (exact) mass is 328 g/mol. The van der Waals surface area contributed by atoms with Gasteiger partial charge in [-0.2, -0.15) is 0 Å². The first-order valence-electron chi connectivity index (χ1n) is 7.62. The third-order valence-electron chi connectivity index (χ3n) is 3.79. The van der Waals surface area contributed by atoms with Gasteiger partial charge in [0.05, 0.1) is 11.5 Å². The molecule has 0 fully saturated rings. The van der Waals surface area contributed by atoms with Gasteiger partial charge in [-0.05, 0) is 56.2 Å². The summed E-state index contributed by atoms with van der Waals surface area (Å²) < 4.78 is 5.60. The molecule has 6 nitrogen and oxygen atoms in total. The van der Waals surface area contributed by atoms with Crippen molar-refractivity contribution in [3.05, 3.63) is 68.8 Å². The summed E-state index contributed by atoms with van der Waals surface area (Å²) in [4.78, 5) is 22.4. The van der Waals surface area contributed by atoms with Gasteiger partial charge in [-0.3, -0.25) is 14.9 Å². The smallest absolute Gasteiger partial charge is 0.272 e. The molecule has 0 radical (unpaired) electrons. The minimum atomic E-state index is -0.464. The molecule has 0 saturated carbocycles. The fourth-order valence-corrected chi connectivity index (χ4v) is 2.24. The number of nitrogens with one attached hydrogen (secondary N) is 1. The van der Waals surface area contributed by atoms with Crippen LogP contribution in [0.3, 0.4) is 0 Å². The van der Waals surface area contributed by atoms with E-state index in [0.717, 1.165) is 11.3 Å². The molecule has 1 N–H and O–H groups in total. The van der Waals surface area contributed by atoms with Crippen LogP contribution in [0, 0.1) is 30.9 Å². The van der Waals surface area contributed by atoms with Crippen molar-refractivity contribution in [2.24, 2.45) is 0 Å². The molecule has 0 aliphatic rings. The molecule has 0 spiro atoms. The molecule has 0 atom stereocenters. The van der Waals surface area contributed by atoms with Gasteiger partial charge in [-0.1, -0.05) is 6.07 Å². The first kappa shape index (κ1) is 17.5. The molecule has 0 aromatic heterocycles. The number of nitro benzene ring substituents is 1. The Morgan fingerprint density at radius 3 is 2.46 bits per heavy atom. The SMILES string of the molecule is Cc1ccc(OCCNC(=O)c2ccc([N+](=O)[O-])c(C)c2)cc1C. The van der Waals surface area contributed by atoms with Crippen LogP contribution in [-0.2, 0) is 0 Å². The van der Waals surface area contributed by atoms with E-state index in [2.05, 4.69) is 5.32 Å². The Labute approximate surface area is 140 Å². The lowest BCUT2D eigenvalue weighted by molar-refractivity contribution is -0.385. The quantitative estimate of drug-likeness (QED) is 0.501. The molecule has 2 aromatic rings. The highest BCUT2D eigenvalue weighted by Crippen LogP contribution is 2.19. The van der Waals surface area contributed by atoms with E-state index in [4.69, 9.17) is 4.74 Å². The Kier molecular flexibility index (Phi) is 5.52. The molecule has 0 unspecified atom stereocenters. The van der Waals surface area contributed by atoms with Crippen molar-refractivity contribution >= 4 is 11.6 Å². The minimum absolute atomic E-state index is 0.00428. The highest BCUT2D eigenvalue weighted by atomic mass is 16.6. The zero-order valence-corrected chi connectivity index (χ0v) is 14.0. The van der Waals surface area contributed by atoms with E-state index >= 15 is 0 Å². The number of nitro groups is 1. The zero-order valence-electron chi connectivity index (χ0n) is 14.0. The number of benzene rings is 2. The van der Waals surface area contributed by atoms with Crippen LogP contribution in [0.4, 0.5) is 5.69 Å². The number of nitrogens with zero attached hydrogens (tertiary/aromatic N) is 1. The maximum absolute atomic E-state index is 12.1. The predicted molar refractivity (Wildman–Crippen MR) is 91.6 cm³/mol. The van der Waals surface area contributed by atoms with E-state index in [1.54, 1.807) is 6.92 Å². The minimum Gasteiger partial charge on any atom is -0.492 e. The summed E-state index contributed by atoms with van der Waals surface area (Å²) in [5.74, 6) is 0.482. The van der Waals surface area contributed by atoms with E-state index < -0.39 is 4.92 Å². The summed E-state index contributed by atoms with van der Waals surface area (Å²) in [6.07, 6.45) is 0. The molecule has 2 aromatic carbocycles. The number of carbonyl (C=O) groups is 1. The van der Waals surface area contributed by atoms with Crippen LogP contribution >= 0.6 is 0 Å². The van der Waals surface area contributed by atoms with Crippen molar-refractivity contribution in [3.63, 3.8) is 0 Å². The molecule has 6 heteroatoms. The topological polar surface area (TPSA) is 81.5 Å². The van der Waals surface area contributed by atoms with E-state index in [-0.39, 0.29) is 11.6 Å². The summed E-state index contributed by atoms with van der Waals surface area (Å²) in [7, 11) is 0. The lowest BCUT2D eigenvalue weighted by atomic mass is 10.1. The number of hydrogen-bond acceptors (Lipinski definition) is 4. The van der Waals surface area contributed by atoms with E-state index in [9.17, 15) is 14.9 Å². The number of ether oxygens (including phenoxy) is 1. The summed E-state index contributed by atoms with van der Waals surface area (Å²) >= 11 is 0. The second-order valence-electron chi connectivity index (χ2n) is 5.61. The number of hydrogen-bond donors (Lipinski definition) is 1. The molecule has 0 saturated heterocycles. The molecule has 2 rings (SSSR count). The predicted octanol–water partition coefficient (Wildman–Crippen LogP) is 3.33. The fraction of sp³-hybridized carbons (Fsp3) is 0.278. The van der Waals surface area contributed by atoms with Crippen LogP contribution in [0.25, 0.3) is 0 Å². The molecule has 0 aliphatic carbocycles. The van der Waals surface area contributed by atoms with Gasteiger partial charge >= 0.3 is 0 Å². The Hall–Kier alpha value is -2.89. The van der Waals surface area contributed by atoms with Crippen molar-refractivity contribution in [1.82, 2.24) is 5.32 Å². The van der Waals surface area contributed by atoms with Crippen molar-refractivity contribution in [2.45, 2.75) is 20.8 Å².